The summed E-state index contributed by atoms with van der Waals surface area (Å²) < 4.78 is 0. The summed E-state index contributed by atoms with van der Waals surface area (Å²) in [6.07, 6.45) is 5.32. The fraction of sp³-hybridized carbons (Fsp3) is 0.600. The van der Waals surface area contributed by atoms with E-state index < -0.39 is 0 Å². The third-order valence-electron chi connectivity index (χ3n) is 2.97. The van der Waals surface area contributed by atoms with Crippen molar-refractivity contribution in [1.29, 1.82) is 0 Å². The smallest absolute Gasteiger partial charge is 0.160 e. The number of nitrogens with two attached hydrogens (primary N) is 1. The topological polar surface area (TPSA) is 87.3 Å². The molecule has 1 aliphatic heterocycles. The number of anilines is 2. The Morgan fingerprint density at radius 3 is 2.81 bits per heavy atom. The maximum Gasteiger partial charge on any atom is 0.160 e. The highest BCUT2D eigenvalue weighted by Gasteiger charge is 2.19. The van der Waals surface area contributed by atoms with Gasteiger partial charge in [0, 0.05) is 19.7 Å². The Morgan fingerprint density at radius 1 is 1.44 bits per heavy atom. The largest absolute Gasteiger partial charge is 0.396 e. The van der Waals surface area contributed by atoms with E-state index in [0.29, 0.717) is 11.7 Å². The van der Waals surface area contributed by atoms with Crippen molar-refractivity contribution < 1.29 is 5.11 Å². The number of nitrogens with one attached hydrogen (secondary N) is 1. The van der Waals surface area contributed by atoms with Gasteiger partial charge in [-0.3, -0.25) is 4.98 Å². The van der Waals surface area contributed by atoms with Crippen LogP contribution in [0.15, 0.2) is 12.4 Å². The number of hydrogen-bond donors (Lipinski definition) is 3. The Morgan fingerprint density at radius 2 is 2.19 bits per heavy atom. The van der Waals surface area contributed by atoms with Crippen LogP contribution < -0.4 is 16.2 Å². The average Bonchev–Trinajstić information content (AvgIpc) is 2.39. The third kappa shape index (κ3) is 2.40. The van der Waals surface area contributed by atoms with Crippen molar-refractivity contribution >= 4 is 11.6 Å². The highest BCUT2D eigenvalue weighted by Crippen LogP contribution is 2.21. The number of piperidine rings is 1. The highest BCUT2D eigenvalue weighted by atomic mass is 16.3. The molecule has 0 amide bonds. The molecule has 1 aliphatic rings. The zero-order valence-electron chi connectivity index (χ0n) is 9.13. The predicted octanol–water partition coefficient (Wildman–Crippen LogP) is -0.0291. The number of rotatable bonds is 3. The van der Waals surface area contributed by atoms with Gasteiger partial charge in [-0.25, -0.2) is 10.8 Å². The standard InChI is InChI=1S/C10H17N5O/c11-14-9-5-12-6-10(13-9)15-3-1-8(7-16)2-4-15/h5-6,8,16H,1-4,7,11H2,(H,13,14). The minimum atomic E-state index is 0.282. The maximum atomic E-state index is 9.06. The van der Waals surface area contributed by atoms with Crippen LogP contribution in [-0.4, -0.2) is 34.8 Å². The predicted molar refractivity (Wildman–Crippen MR) is 61.9 cm³/mol. The zero-order chi connectivity index (χ0) is 11.4. The summed E-state index contributed by atoms with van der Waals surface area (Å²) in [6.45, 7) is 2.10. The maximum absolute atomic E-state index is 9.06. The minimum absolute atomic E-state index is 0.282. The van der Waals surface area contributed by atoms with Crippen LogP contribution in [0.1, 0.15) is 12.8 Å². The van der Waals surface area contributed by atoms with E-state index in [1.54, 1.807) is 12.4 Å². The quantitative estimate of drug-likeness (QED) is 0.493. The van der Waals surface area contributed by atoms with Crippen LogP contribution in [0.2, 0.25) is 0 Å². The Balaban J connectivity index is 2.02. The number of nitrogens with zero attached hydrogens (tertiary/aromatic N) is 3. The van der Waals surface area contributed by atoms with E-state index in [-0.39, 0.29) is 6.61 Å². The third-order valence-corrected chi connectivity index (χ3v) is 2.97. The minimum Gasteiger partial charge on any atom is -0.396 e. The number of aliphatic hydroxyl groups is 1. The van der Waals surface area contributed by atoms with Gasteiger partial charge in [-0.05, 0) is 18.8 Å². The second-order valence-electron chi connectivity index (χ2n) is 4.02. The van der Waals surface area contributed by atoms with Crippen molar-refractivity contribution in [3.05, 3.63) is 12.4 Å². The fourth-order valence-corrected chi connectivity index (χ4v) is 1.92. The average molecular weight is 223 g/mol. The van der Waals surface area contributed by atoms with Crippen LogP contribution in [0.4, 0.5) is 11.6 Å². The van der Waals surface area contributed by atoms with Gasteiger partial charge >= 0.3 is 0 Å². The number of nitrogen functional groups attached to an aromatic ring is 1. The molecular formula is C10H17N5O. The lowest BCUT2D eigenvalue weighted by molar-refractivity contribution is 0.203. The summed E-state index contributed by atoms with van der Waals surface area (Å²) in [4.78, 5) is 10.6. The van der Waals surface area contributed by atoms with Crippen molar-refractivity contribution in [2.24, 2.45) is 11.8 Å². The molecule has 0 spiro atoms. The Labute approximate surface area is 94.5 Å². The molecule has 0 aliphatic carbocycles. The molecule has 0 bridgehead atoms. The summed E-state index contributed by atoms with van der Waals surface area (Å²) in [6, 6.07) is 0. The summed E-state index contributed by atoms with van der Waals surface area (Å²) in [5.41, 5.74) is 2.49. The number of hydrogen-bond acceptors (Lipinski definition) is 6. The van der Waals surface area contributed by atoms with Gasteiger partial charge in [-0.2, -0.15) is 0 Å². The second kappa shape index (κ2) is 5.09. The molecule has 6 heteroatoms. The second-order valence-corrected chi connectivity index (χ2v) is 4.02. The molecule has 0 unspecified atom stereocenters. The van der Waals surface area contributed by atoms with E-state index in [4.69, 9.17) is 10.9 Å². The molecule has 1 saturated heterocycles. The first-order valence-electron chi connectivity index (χ1n) is 5.48. The lowest BCUT2D eigenvalue weighted by atomic mass is 9.98. The first-order valence-corrected chi connectivity index (χ1v) is 5.48. The monoisotopic (exact) mass is 223 g/mol. The molecule has 1 aromatic rings. The first kappa shape index (κ1) is 11.1. The van der Waals surface area contributed by atoms with Gasteiger partial charge in [0.25, 0.3) is 0 Å². The van der Waals surface area contributed by atoms with Gasteiger partial charge < -0.3 is 15.4 Å². The fourth-order valence-electron chi connectivity index (χ4n) is 1.92. The molecule has 0 atom stereocenters. The van der Waals surface area contributed by atoms with Crippen molar-refractivity contribution in [2.75, 3.05) is 30.0 Å². The van der Waals surface area contributed by atoms with Gasteiger partial charge in [0.15, 0.2) is 5.82 Å². The van der Waals surface area contributed by atoms with Crippen LogP contribution in [0.25, 0.3) is 0 Å². The lowest BCUT2D eigenvalue weighted by Gasteiger charge is -2.31. The van der Waals surface area contributed by atoms with Gasteiger partial charge in [0.1, 0.15) is 5.82 Å². The molecule has 0 saturated carbocycles. The highest BCUT2D eigenvalue weighted by molar-refractivity contribution is 5.43. The van der Waals surface area contributed by atoms with E-state index >= 15 is 0 Å². The lowest BCUT2D eigenvalue weighted by Crippen LogP contribution is -2.35. The van der Waals surface area contributed by atoms with E-state index in [2.05, 4.69) is 20.3 Å². The van der Waals surface area contributed by atoms with Crippen molar-refractivity contribution in [1.82, 2.24) is 9.97 Å². The Bertz CT molecular complexity index is 338. The van der Waals surface area contributed by atoms with Gasteiger partial charge in [-0.15, -0.1) is 0 Å². The van der Waals surface area contributed by atoms with E-state index in [1.807, 2.05) is 0 Å². The normalized spacial score (nSPS) is 17.5. The van der Waals surface area contributed by atoms with Crippen molar-refractivity contribution in [3.63, 3.8) is 0 Å². The number of aromatic nitrogens is 2. The molecule has 0 radical (unpaired) electrons. The van der Waals surface area contributed by atoms with Crippen LogP contribution in [0.3, 0.4) is 0 Å². The van der Waals surface area contributed by atoms with E-state index in [1.165, 1.54) is 0 Å². The first-order chi connectivity index (χ1) is 7.83. The molecule has 6 nitrogen and oxygen atoms in total. The van der Waals surface area contributed by atoms with Gasteiger partial charge in [0.05, 0.1) is 12.4 Å². The number of aliphatic hydroxyl groups excluding tert-OH is 1. The molecule has 2 rings (SSSR count). The number of hydrazine groups is 1. The SMILES string of the molecule is NNc1cncc(N2CCC(CO)CC2)n1. The van der Waals surface area contributed by atoms with Crippen molar-refractivity contribution in [3.8, 4) is 0 Å². The van der Waals surface area contributed by atoms with Gasteiger partial charge in [0.2, 0.25) is 0 Å². The van der Waals surface area contributed by atoms with Crippen LogP contribution in [0, 0.1) is 5.92 Å². The van der Waals surface area contributed by atoms with E-state index in [9.17, 15) is 0 Å². The molecule has 16 heavy (non-hydrogen) atoms. The summed E-state index contributed by atoms with van der Waals surface area (Å²) in [5.74, 6) is 7.13. The molecule has 1 fully saturated rings. The van der Waals surface area contributed by atoms with Crippen LogP contribution >= 0.6 is 0 Å². The van der Waals surface area contributed by atoms with Crippen molar-refractivity contribution in [2.45, 2.75) is 12.8 Å². The molecule has 88 valence electrons. The molecule has 0 aromatic carbocycles. The zero-order valence-corrected chi connectivity index (χ0v) is 9.13. The summed E-state index contributed by atoms with van der Waals surface area (Å²) in [5, 5.41) is 9.06. The molecule has 4 N–H and O–H groups in total. The molecule has 2 heterocycles. The van der Waals surface area contributed by atoms with Crippen LogP contribution in [0.5, 0.6) is 0 Å². The Kier molecular flexibility index (Phi) is 3.53. The van der Waals surface area contributed by atoms with Gasteiger partial charge in [-0.1, -0.05) is 0 Å². The summed E-state index contributed by atoms with van der Waals surface area (Å²) in [7, 11) is 0. The molecule has 1 aromatic heterocycles. The Hall–Kier alpha value is -1.40. The summed E-state index contributed by atoms with van der Waals surface area (Å²) >= 11 is 0. The van der Waals surface area contributed by atoms with E-state index in [0.717, 1.165) is 31.7 Å². The van der Waals surface area contributed by atoms with Crippen LogP contribution in [-0.2, 0) is 0 Å². The molecular weight excluding hydrogens is 206 g/mol.